The van der Waals surface area contributed by atoms with Gasteiger partial charge < -0.3 is 0 Å². The Balaban J connectivity index is 1.34. The number of para-hydroxylation sites is 2. The van der Waals surface area contributed by atoms with Crippen molar-refractivity contribution in [2.45, 2.75) is 0 Å². The van der Waals surface area contributed by atoms with Crippen molar-refractivity contribution in [2.75, 3.05) is 0 Å². The van der Waals surface area contributed by atoms with Gasteiger partial charge in [0, 0.05) is 23.6 Å². The SMILES string of the molecule is C(=Nc1ccccc1-c1ccccc1N=Cc1ccc2ccccc2c1)c1ccc2ccccc2c1. The summed E-state index contributed by atoms with van der Waals surface area (Å²) in [5.41, 5.74) is 6.09. The topological polar surface area (TPSA) is 24.7 Å². The molecule has 6 rings (SSSR count). The van der Waals surface area contributed by atoms with Crippen LogP contribution in [0.3, 0.4) is 0 Å². The highest BCUT2D eigenvalue weighted by Gasteiger charge is 2.08. The number of hydrogen-bond donors (Lipinski definition) is 0. The van der Waals surface area contributed by atoms with Crippen molar-refractivity contribution < 1.29 is 0 Å². The zero-order valence-corrected chi connectivity index (χ0v) is 19.8. The predicted octanol–water partition coefficient (Wildman–Crippen LogP) is 9.16. The van der Waals surface area contributed by atoms with Gasteiger partial charge >= 0.3 is 0 Å². The molecule has 0 saturated carbocycles. The van der Waals surface area contributed by atoms with Gasteiger partial charge in [0.1, 0.15) is 0 Å². The molecule has 0 atom stereocenters. The monoisotopic (exact) mass is 460 g/mol. The summed E-state index contributed by atoms with van der Waals surface area (Å²) in [6.07, 6.45) is 3.87. The van der Waals surface area contributed by atoms with E-state index < -0.39 is 0 Å². The van der Waals surface area contributed by atoms with Crippen LogP contribution in [0.5, 0.6) is 0 Å². The summed E-state index contributed by atoms with van der Waals surface area (Å²) in [5.74, 6) is 0. The minimum absolute atomic E-state index is 0.916. The molecule has 0 heterocycles. The molecule has 0 aliphatic carbocycles. The Bertz CT molecular complexity index is 1610. The molecule has 0 saturated heterocycles. The smallest absolute Gasteiger partial charge is 0.0709 e. The molecule has 2 nitrogen and oxygen atoms in total. The van der Waals surface area contributed by atoms with Crippen LogP contribution in [0, 0.1) is 0 Å². The highest BCUT2D eigenvalue weighted by Crippen LogP contribution is 2.36. The van der Waals surface area contributed by atoms with E-state index in [1.807, 2.05) is 36.7 Å². The van der Waals surface area contributed by atoms with Crippen LogP contribution in [-0.2, 0) is 0 Å². The summed E-state index contributed by atoms with van der Waals surface area (Å²) in [6.45, 7) is 0. The quantitative estimate of drug-likeness (QED) is 0.229. The van der Waals surface area contributed by atoms with Crippen molar-refractivity contribution in [3.63, 3.8) is 0 Å². The standard InChI is InChI=1S/C34H24N2/c1-3-11-29-21-25(17-19-27(29)9-1)23-35-33-15-7-5-13-31(33)32-14-6-8-16-34(32)36-24-26-18-20-28-10-2-4-12-30(28)22-26/h1-24H. The Morgan fingerprint density at radius 3 is 1.22 bits per heavy atom. The lowest BCUT2D eigenvalue weighted by Crippen LogP contribution is -1.85. The van der Waals surface area contributed by atoms with E-state index in [4.69, 9.17) is 9.98 Å². The fourth-order valence-corrected chi connectivity index (χ4v) is 4.49. The molecule has 0 fully saturated rings. The van der Waals surface area contributed by atoms with Crippen molar-refractivity contribution in [1.29, 1.82) is 0 Å². The Labute approximate surface area is 210 Å². The first-order chi connectivity index (χ1) is 17.8. The lowest BCUT2D eigenvalue weighted by molar-refractivity contribution is 1.48. The van der Waals surface area contributed by atoms with Gasteiger partial charge in [-0.05, 0) is 56.9 Å². The second-order valence-electron chi connectivity index (χ2n) is 8.76. The van der Waals surface area contributed by atoms with Gasteiger partial charge in [-0.3, -0.25) is 9.98 Å². The van der Waals surface area contributed by atoms with Crippen LogP contribution in [-0.4, -0.2) is 12.4 Å². The van der Waals surface area contributed by atoms with Crippen LogP contribution in [0.15, 0.2) is 143 Å². The predicted molar refractivity (Wildman–Crippen MR) is 154 cm³/mol. The molecule has 0 N–H and O–H groups in total. The van der Waals surface area contributed by atoms with Crippen LogP contribution in [0.1, 0.15) is 11.1 Å². The maximum Gasteiger partial charge on any atom is 0.0709 e. The summed E-state index contributed by atoms with van der Waals surface area (Å²) in [6, 6.07) is 46.1. The molecule has 2 heteroatoms. The van der Waals surface area contributed by atoms with E-state index in [0.29, 0.717) is 0 Å². The summed E-state index contributed by atoms with van der Waals surface area (Å²) in [4.78, 5) is 9.75. The highest BCUT2D eigenvalue weighted by atomic mass is 14.7. The Kier molecular flexibility index (Phi) is 5.91. The van der Waals surface area contributed by atoms with Gasteiger partial charge in [-0.2, -0.15) is 0 Å². The van der Waals surface area contributed by atoms with E-state index in [2.05, 4.69) is 109 Å². The van der Waals surface area contributed by atoms with Gasteiger partial charge in [0.15, 0.2) is 0 Å². The first-order valence-electron chi connectivity index (χ1n) is 12.1. The van der Waals surface area contributed by atoms with E-state index in [-0.39, 0.29) is 0 Å². The number of benzene rings is 6. The molecule has 36 heavy (non-hydrogen) atoms. The minimum atomic E-state index is 0.916. The van der Waals surface area contributed by atoms with Crippen LogP contribution >= 0.6 is 0 Å². The fraction of sp³-hybridized carbons (Fsp3) is 0. The van der Waals surface area contributed by atoms with Gasteiger partial charge in [-0.25, -0.2) is 0 Å². The molecule has 0 aliphatic rings. The molecule has 0 radical (unpaired) electrons. The van der Waals surface area contributed by atoms with Crippen LogP contribution in [0.2, 0.25) is 0 Å². The molecule has 0 bridgehead atoms. The first-order valence-corrected chi connectivity index (χ1v) is 12.1. The van der Waals surface area contributed by atoms with Gasteiger partial charge in [0.2, 0.25) is 0 Å². The summed E-state index contributed by atoms with van der Waals surface area (Å²) in [5, 5.41) is 4.88. The number of hydrogen-bond acceptors (Lipinski definition) is 2. The van der Waals surface area contributed by atoms with E-state index in [1.165, 1.54) is 21.5 Å². The van der Waals surface area contributed by atoms with E-state index >= 15 is 0 Å². The fourth-order valence-electron chi connectivity index (χ4n) is 4.49. The average Bonchev–Trinajstić information content (AvgIpc) is 2.95. The molecular formula is C34H24N2. The maximum absolute atomic E-state index is 4.88. The first kappa shape index (κ1) is 21.7. The lowest BCUT2D eigenvalue weighted by atomic mass is 10.0. The molecule has 6 aromatic carbocycles. The lowest BCUT2D eigenvalue weighted by Gasteiger charge is -2.09. The molecule has 0 amide bonds. The maximum atomic E-state index is 4.88. The van der Waals surface area contributed by atoms with Gasteiger partial charge in [-0.15, -0.1) is 0 Å². The van der Waals surface area contributed by atoms with Crippen LogP contribution < -0.4 is 0 Å². The number of nitrogens with zero attached hydrogens (tertiary/aromatic N) is 2. The molecule has 6 aromatic rings. The van der Waals surface area contributed by atoms with E-state index in [1.54, 1.807) is 0 Å². The normalized spacial score (nSPS) is 11.7. The second-order valence-corrected chi connectivity index (χ2v) is 8.76. The Morgan fingerprint density at radius 2 is 0.750 bits per heavy atom. The molecule has 0 aromatic heterocycles. The molecule has 0 spiro atoms. The largest absolute Gasteiger partial charge is 0.256 e. The summed E-state index contributed by atoms with van der Waals surface area (Å²) < 4.78 is 0. The number of aliphatic imine (C=N–C) groups is 2. The van der Waals surface area contributed by atoms with Crippen LogP contribution in [0.25, 0.3) is 32.7 Å². The third-order valence-electron chi connectivity index (χ3n) is 6.35. The van der Waals surface area contributed by atoms with Gasteiger partial charge in [0.25, 0.3) is 0 Å². The zero-order chi connectivity index (χ0) is 24.2. The second kappa shape index (κ2) is 9.81. The molecular weight excluding hydrogens is 436 g/mol. The number of fused-ring (bicyclic) bond motifs is 2. The van der Waals surface area contributed by atoms with Crippen molar-refractivity contribution in [2.24, 2.45) is 9.98 Å². The third-order valence-corrected chi connectivity index (χ3v) is 6.35. The van der Waals surface area contributed by atoms with Gasteiger partial charge in [0.05, 0.1) is 11.4 Å². The molecule has 0 unspecified atom stereocenters. The zero-order valence-electron chi connectivity index (χ0n) is 19.8. The summed E-state index contributed by atoms with van der Waals surface area (Å²) in [7, 11) is 0. The number of rotatable bonds is 5. The van der Waals surface area contributed by atoms with E-state index in [0.717, 1.165) is 33.6 Å². The Hall–Kier alpha value is -4.82. The molecule has 170 valence electrons. The van der Waals surface area contributed by atoms with Crippen molar-refractivity contribution >= 4 is 45.3 Å². The van der Waals surface area contributed by atoms with Crippen molar-refractivity contribution in [3.05, 3.63) is 145 Å². The van der Waals surface area contributed by atoms with E-state index in [9.17, 15) is 0 Å². The minimum Gasteiger partial charge on any atom is -0.256 e. The third kappa shape index (κ3) is 4.57. The van der Waals surface area contributed by atoms with Crippen molar-refractivity contribution in [1.82, 2.24) is 0 Å². The van der Waals surface area contributed by atoms with Gasteiger partial charge in [-0.1, -0.05) is 109 Å². The summed E-state index contributed by atoms with van der Waals surface area (Å²) >= 11 is 0. The average molecular weight is 461 g/mol. The molecule has 0 aliphatic heterocycles. The van der Waals surface area contributed by atoms with Crippen LogP contribution in [0.4, 0.5) is 11.4 Å². The Morgan fingerprint density at radius 1 is 0.361 bits per heavy atom. The van der Waals surface area contributed by atoms with Crippen molar-refractivity contribution in [3.8, 4) is 11.1 Å². The highest BCUT2D eigenvalue weighted by molar-refractivity contribution is 5.95.